The SMILES string of the molecule is CC[C@H](N)C(=O)NCC(c1cccs1)N(C)C. The maximum Gasteiger partial charge on any atom is 0.236 e. The van der Waals surface area contributed by atoms with E-state index in [9.17, 15) is 4.79 Å². The summed E-state index contributed by atoms with van der Waals surface area (Å²) < 4.78 is 0. The van der Waals surface area contributed by atoms with Crippen molar-refractivity contribution in [2.75, 3.05) is 20.6 Å². The summed E-state index contributed by atoms with van der Waals surface area (Å²) in [6, 6.07) is 3.92. The average Bonchev–Trinajstić information content (AvgIpc) is 2.81. The first-order valence-electron chi connectivity index (χ1n) is 5.79. The molecule has 0 aliphatic heterocycles. The number of hydrogen-bond donors (Lipinski definition) is 2. The van der Waals surface area contributed by atoms with Gasteiger partial charge in [-0.05, 0) is 32.0 Å². The van der Waals surface area contributed by atoms with Crippen molar-refractivity contribution in [3.63, 3.8) is 0 Å². The van der Waals surface area contributed by atoms with Crippen LogP contribution in [0.1, 0.15) is 24.3 Å². The number of nitrogens with one attached hydrogen (secondary N) is 1. The minimum Gasteiger partial charge on any atom is -0.353 e. The van der Waals surface area contributed by atoms with Gasteiger partial charge in [0, 0.05) is 11.4 Å². The fourth-order valence-electron chi connectivity index (χ4n) is 1.53. The maximum atomic E-state index is 11.6. The van der Waals surface area contributed by atoms with Crippen molar-refractivity contribution in [3.05, 3.63) is 22.4 Å². The van der Waals surface area contributed by atoms with E-state index in [1.807, 2.05) is 32.5 Å². The Morgan fingerprint density at radius 1 is 1.59 bits per heavy atom. The Bertz CT molecular complexity index is 338. The number of nitrogens with zero attached hydrogens (tertiary/aromatic N) is 1. The Labute approximate surface area is 107 Å². The highest BCUT2D eigenvalue weighted by Gasteiger charge is 2.17. The Morgan fingerprint density at radius 2 is 2.29 bits per heavy atom. The molecular formula is C12H21N3OS. The van der Waals surface area contributed by atoms with Gasteiger partial charge < -0.3 is 16.0 Å². The molecule has 1 heterocycles. The van der Waals surface area contributed by atoms with E-state index in [4.69, 9.17) is 5.73 Å². The second-order valence-corrected chi connectivity index (χ2v) is 5.23. The second kappa shape index (κ2) is 6.74. The molecule has 96 valence electrons. The van der Waals surface area contributed by atoms with Gasteiger partial charge in [-0.15, -0.1) is 11.3 Å². The number of carbonyl (C=O) groups is 1. The number of amides is 1. The number of carbonyl (C=O) groups excluding carboxylic acids is 1. The van der Waals surface area contributed by atoms with Crippen molar-refractivity contribution in [2.45, 2.75) is 25.4 Å². The minimum absolute atomic E-state index is 0.0732. The zero-order valence-corrected chi connectivity index (χ0v) is 11.5. The van der Waals surface area contributed by atoms with Crippen LogP contribution < -0.4 is 11.1 Å². The molecule has 0 fully saturated rings. The van der Waals surface area contributed by atoms with E-state index in [-0.39, 0.29) is 11.9 Å². The predicted molar refractivity (Wildman–Crippen MR) is 72.0 cm³/mol. The lowest BCUT2D eigenvalue weighted by Crippen LogP contribution is -2.43. The molecule has 0 bridgehead atoms. The summed E-state index contributed by atoms with van der Waals surface area (Å²) in [5, 5.41) is 4.95. The molecule has 2 atom stereocenters. The smallest absolute Gasteiger partial charge is 0.236 e. The van der Waals surface area contributed by atoms with Crippen LogP contribution in [-0.4, -0.2) is 37.5 Å². The molecule has 0 radical (unpaired) electrons. The number of thiophene rings is 1. The monoisotopic (exact) mass is 255 g/mol. The molecule has 1 aromatic rings. The zero-order chi connectivity index (χ0) is 12.8. The summed E-state index contributed by atoms with van der Waals surface area (Å²) in [6.45, 7) is 2.51. The van der Waals surface area contributed by atoms with E-state index in [2.05, 4.69) is 16.3 Å². The van der Waals surface area contributed by atoms with Crippen LogP contribution in [0, 0.1) is 0 Å². The third-order valence-electron chi connectivity index (χ3n) is 2.74. The van der Waals surface area contributed by atoms with Crippen LogP contribution in [0.15, 0.2) is 17.5 Å². The van der Waals surface area contributed by atoms with Crippen LogP contribution in [-0.2, 0) is 4.79 Å². The molecule has 1 aromatic heterocycles. The highest BCUT2D eigenvalue weighted by atomic mass is 32.1. The van der Waals surface area contributed by atoms with Crippen LogP contribution in [0.5, 0.6) is 0 Å². The molecular weight excluding hydrogens is 234 g/mol. The molecule has 0 saturated carbocycles. The fourth-order valence-corrected chi connectivity index (χ4v) is 2.45. The molecule has 17 heavy (non-hydrogen) atoms. The molecule has 5 heteroatoms. The van der Waals surface area contributed by atoms with Crippen molar-refractivity contribution in [2.24, 2.45) is 5.73 Å². The van der Waals surface area contributed by atoms with Crippen LogP contribution in [0.2, 0.25) is 0 Å². The molecule has 0 aliphatic rings. The van der Waals surface area contributed by atoms with Crippen molar-refractivity contribution < 1.29 is 4.79 Å². The molecule has 0 aromatic carbocycles. The van der Waals surface area contributed by atoms with Crippen LogP contribution in [0.4, 0.5) is 0 Å². The van der Waals surface area contributed by atoms with Gasteiger partial charge in [-0.1, -0.05) is 13.0 Å². The van der Waals surface area contributed by atoms with E-state index in [1.54, 1.807) is 11.3 Å². The van der Waals surface area contributed by atoms with Gasteiger partial charge in [0.05, 0.1) is 12.1 Å². The van der Waals surface area contributed by atoms with Gasteiger partial charge >= 0.3 is 0 Å². The lowest BCUT2D eigenvalue weighted by molar-refractivity contribution is -0.122. The van der Waals surface area contributed by atoms with Gasteiger partial charge in [-0.2, -0.15) is 0 Å². The summed E-state index contributed by atoms with van der Waals surface area (Å²) in [5.41, 5.74) is 5.67. The number of rotatable bonds is 6. The zero-order valence-electron chi connectivity index (χ0n) is 10.6. The van der Waals surface area contributed by atoms with Gasteiger partial charge in [0.1, 0.15) is 0 Å². The summed E-state index contributed by atoms with van der Waals surface area (Å²) in [6.07, 6.45) is 0.664. The topological polar surface area (TPSA) is 58.4 Å². The van der Waals surface area contributed by atoms with Gasteiger partial charge in [0.15, 0.2) is 0 Å². The summed E-state index contributed by atoms with van der Waals surface area (Å²) in [5.74, 6) is -0.0732. The standard InChI is InChI=1S/C12H21N3OS/c1-4-9(13)12(16)14-8-10(15(2)3)11-6-5-7-17-11/h5-7,9-10H,4,8,13H2,1-3H3,(H,14,16)/t9-,10?/m0/s1. The lowest BCUT2D eigenvalue weighted by Gasteiger charge is -2.24. The van der Waals surface area contributed by atoms with Gasteiger partial charge in [0.2, 0.25) is 5.91 Å². The normalized spacial score (nSPS) is 14.6. The highest BCUT2D eigenvalue weighted by Crippen LogP contribution is 2.22. The van der Waals surface area contributed by atoms with Crippen molar-refractivity contribution >= 4 is 17.2 Å². The Kier molecular flexibility index (Phi) is 5.61. The van der Waals surface area contributed by atoms with Crippen LogP contribution >= 0.6 is 11.3 Å². The Hall–Kier alpha value is -0.910. The largest absolute Gasteiger partial charge is 0.353 e. The average molecular weight is 255 g/mol. The molecule has 1 amide bonds. The second-order valence-electron chi connectivity index (χ2n) is 4.25. The predicted octanol–water partition coefficient (Wildman–Crippen LogP) is 1.20. The third kappa shape index (κ3) is 4.11. The molecule has 1 unspecified atom stereocenters. The van der Waals surface area contributed by atoms with Crippen LogP contribution in [0.25, 0.3) is 0 Å². The number of hydrogen-bond acceptors (Lipinski definition) is 4. The van der Waals surface area contributed by atoms with Gasteiger partial charge in [-0.3, -0.25) is 4.79 Å². The van der Waals surface area contributed by atoms with Gasteiger partial charge in [-0.25, -0.2) is 0 Å². The molecule has 1 rings (SSSR count). The summed E-state index contributed by atoms with van der Waals surface area (Å²) in [7, 11) is 4.02. The minimum atomic E-state index is -0.402. The lowest BCUT2D eigenvalue weighted by atomic mass is 10.2. The van der Waals surface area contributed by atoms with E-state index in [0.29, 0.717) is 13.0 Å². The molecule has 0 saturated heterocycles. The third-order valence-corrected chi connectivity index (χ3v) is 3.71. The van der Waals surface area contributed by atoms with Gasteiger partial charge in [0.25, 0.3) is 0 Å². The van der Waals surface area contributed by atoms with Crippen molar-refractivity contribution in [1.82, 2.24) is 10.2 Å². The van der Waals surface area contributed by atoms with E-state index in [1.165, 1.54) is 4.88 Å². The summed E-state index contributed by atoms with van der Waals surface area (Å²) >= 11 is 1.70. The summed E-state index contributed by atoms with van der Waals surface area (Å²) in [4.78, 5) is 15.0. The van der Waals surface area contributed by atoms with E-state index < -0.39 is 6.04 Å². The maximum absolute atomic E-state index is 11.6. The Balaban J connectivity index is 2.55. The first-order valence-corrected chi connectivity index (χ1v) is 6.67. The number of likely N-dealkylation sites (N-methyl/N-ethyl adjacent to an activating group) is 1. The Morgan fingerprint density at radius 3 is 2.76 bits per heavy atom. The molecule has 0 aliphatic carbocycles. The van der Waals surface area contributed by atoms with Crippen molar-refractivity contribution in [1.29, 1.82) is 0 Å². The van der Waals surface area contributed by atoms with Crippen molar-refractivity contribution in [3.8, 4) is 0 Å². The molecule has 4 nitrogen and oxygen atoms in total. The molecule has 3 N–H and O–H groups in total. The van der Waals surface area contributed by atoms with E-state index in [0.717, 1.165) is 0 Å². The quantitative estimate of drug-likeness (QED) is 0.803. The number of nitrogens with two attached hydrogens (primary N) is 1. The highest BCUT2D eigenvalue weighted by molar-refractivity contribution is 7.10. The van der Waals surface area contributed by atoms with E-state index >= 15 is 0 Å². The fraction of sp³-hybridized carbons (Fsp3) is 0.583. The molecule has 0 spiro atoms. The first-order chi connectivity index (χ1) is 8.06. The first kappa shape index (κ1) is 14.2. The van der Waals surface area contributed by atoms with Crippen LogP contribution in [0.3, 0.4) is 0 Å².